The summed E-state index contributed by atoms with van der Waals surface area (Å²) in [5, 5.41) is 11.6. The number of fused-ring (bicyclic) bond motifs is 1. The Balaban J connectivity index is 2.47. The van der Waals surface area contributed by atoms with Gasteiger partial charge in [-0.3, -0.25) is 4.98 Å². The molecule has 0 saturated carbocycles. The van der Waals surface area contributed by atoms with Crippen LogP contribution in [0, 0.1) is 11.8 Å². The van der Waals surface area contributed by atoms with Crippen molar-refractivity contribution in [1.29, 1.82) is 0 Å². The van der Waals surface area contributed by atoms with Crippen LogP contribution in [0.15, 0.2) is 36.5 Å². The van der Waals surface area contributed by atoms with Crippen LogP contribution < -0.4 is 5.73 Å². The van der Waals surface area contributed by atoms with Crippen LogP contribution in [0.3, 0.4) is 0 Å². The van der Waals surface area contributed by atoms with Crippen LogP contribution in [0.25, 0.3) is 10.9 Å². The zero-order valence-electron chi connectivity index (χ0n) is 10.9. The Morgan fingerprint density at radius 1 is 1.22 bits per heavy atom. The minimum absolute atomic E-state index is 0.0533. The smallest absolute Gasteiger partial charge is 0.0853 e. The Hall–Kier alpha value is -1.45. The minimum Gasteiger partial charge on any atom is -0.388 e. The van der Waals surface area contributed by atoms with Crippen molar-refractivity contribution in [3.05, 3.63) is 42.1 Å². The topological polar surface area (TPSA) is 59.1 Å². The third-order valence-corrected chi connectivity index (χ3v) is 3.52. The molecule has 1 aromatic heterocycles. The zero-order chi connectivity index (χ0) is 13.1. The van der Waals surface area contributed by atoms with Gasteiger partial charge in [-0.05, 0) is 18.5 Å². The van der Waals surface area contributed by atoms with Crippen LogP contribution in [0.4, 0.5) is 0 Å². The summed E-state index contributed by atoms with van der Waals surface area (Å²) < 4.78 is 0. The van der Waals surface area contributed by atoms with Gasteiger partial charge in [0, 0.05) is 23.1 Å². The van der Waals surface area contributed by atoms with Crippen LogP contribution in [0.2, 0.25) is 0 Å². The van der Waals surface area contributed by atoms with E-state index in [9.17, 15) is 5.11 Å². The highest BCUT2D eigenvalue weighted by atomic mass is 16.3. The number of nitrogens with two attached hydrogens (primary N) is 1. The van der Waals surface area contributed by atoms with Gasteiger partial charge in [-0.1, -0.05) is 38.1 Å². The van der Waals surface area contributed by atoms with E-state index in [0.29, 0.717) is 12.5 Å². The molecule has 3 nitrogen and oxygen atoms in total. The summed E-state index contributed by atoms with van der Waals surface area (Å²) in [4.78, 5) is 4.38. The highest BCUT2D eigenvalue weighted by Gasteiger charge is 2.24. The minimum atomic E-state index is -0.561. The molecule has 2 rings (SSSR count). The molecular weight excluding hydrogens is 224 g/mol. The van der Waals surface area contributed by atoms with Gasteiger partial charge in [0.2, 0.25) is 0 Å². The van der Waals surface area contributed by atoms with Crippen molar-refractivity contribution in [3.63, 3.8) is 0 Å². The second kappa shape index (κ2) is 5.46. The van der Waals surface area contributed by atoms with Gasteiger partial charge in [0.15, 0.2) is 0 Å². The lowest BCUT2D eigenvalue weighted by molar-refractivity contribution is 0.0872. The number of para-hydroxylation sites is 1. The lowest BCUT2D eigenvalue weighted by atomic mass is 9.86. The van der Waals surface area contributed by atoms with Crippen molar-refractivity contribution < 1.29 is 5.11 Å². The molecule has 0 aliphatic carbocycles. The third kappa shape index (κ3) is 2.37. The Morgan fingerprint density at radius 2 is 1.94 bits per heavy atom. The van der Waals surface area contributed by atoms with Crippen LogP contribution in [-0.2, 0) is 0 Å². The summed E-state index contributed by atoms with van der Waals surface area (Å²) in [5.41, 5.74) is 7.52. The van der Waals surface area contributed by atoms with Crippen LogP contribution >= 0.6 is 0 Å². The fourth-order valence-corrected chi connectivity index (χ4v) is 2.36. The SMILES string of the molecule is CC(C)C(CN)C(O)c1cccc2cccnc12. The van der Waals surface area contributed by atoms with Crippen molar-refractivity contribution in [3.8, 4) is 0 Å². The summed E-state index contributed by atoms with van der Waals surface area (Å²) in [7, 11) is 0. The van der Waals surface area contributed by atoms with Gasteiger partial charge in [0.05, 0.1) is 11.6 Å². The van der Waals surface area contributed by atoms with Gasteiger partial charge in [0.25, 0.3) is 0 Å². The van der Waals surface area contributed by atoms with Gasteiger partial charge in [-0.25, -0.2) is 0 Å². The molecular formula is C15H20N2O. The van der Waals surface area contributed by atoms with E-state index >= 15 is 0 Å². The fraction of sp³-hybridized carbons (Fsp3) is 0.400. The van der Waals surface area contributed by atoms with E-state index in [1.54, 1.807) is 6.20 Å². The quantitative estimate of drug-likeness (QED) is 0.868. The average molecular weight is 244 g/mol. The van der Waals surface area contributed by atoms with Crippen molar-refractivity contribution in [2.24, 2.45) is 17.6 Å². The van der Waals surface area contributed by atoms with E-state index < -0.39 is 6.10 Å². The number of pyridine rings is 1. The highest BCUT2D eigenvalue weighted by Crippen LogP contribution is 2.31. The first kappa shape index (κ1) is 13.0. The fourth-order valence-electron chi connectivity index (χ4n) is 2.36. The van der Waals surface area contributed by atoms with Gasteiger partial charge < -0.3 is 10.8 Å². The molecule has 3 heteroatoms. The summed E-state index contributed by atoms with van der Waals surface area (Å²) in [6, 6.07) is 9.81. The Labute approximate surface area is 108 Å². The van der Waals surface area contributed by atoms with Crippen LogP contribution in [0.5, 0.6) is 0 Å². The molecule has 0 saturated heterocycles. The van der Waals surface area contributed by atoms with Crippen molar-refractivity contribution in [2.45, 2.75) is 20.0 Å². The maximum absolute atomic E-state index is 10.5. The number of aromatic nitrogens is 1. The summed E-state index contributed by atoms with van der Waals surface area (Å²) >= 11 is 0. The Morgan fingerprint density at radius 3 is 2.61 bits per heavy atom. The molecule has 0 spiro atoms. The number of rotatable bonds is 4. The predicted molar refractivity (Wildman–Crippen MR) is 74.1 cm³/mol. The molecule has 0 aliphatic heterocycles. The van der Waals surface area contributed by atoms with E-state index in [2.05, 4.69) is 18.8 Å². The van der Waals surface area contributed by atoms with Crippen molar-refractivity contribution in [2.75, 3.05) is 6.54 Å². The van der Waals surface area contributed by atoms with E-state index in [0.717, 1.165) is 16.5 Å². The van der Waals surface area contributed by atoms with E-state index in [1.165, 1.54) is 0 Å². The van der Waals surface area contributed by atoms with Crippen LogP contribution in [0.1, 0.15) is 25.5 Å². The van der Waals surface area contributed by atoms with E-state index in [-0.39, 0.29) is 5.92 Å². The molecule has 3 N–H and O–H groups in total. The largest absolute Gasteiger partial charge is 0.388 e. The number of aliphatic hydroxyl groups is 1. The van der Waals surface area contributed by atoms with Crippen molar-refractivity contribution >= 4 is 10.9 Å². The van der Waals surface area contributed by atoms with Gasteiger partial charge >= 0.3 is 0 Å². The van der Waals surface area contributed by atoms with Gasteiger partial charge in [0.1, 0.15) is 0 Å². The maximum Gasteiger partial charge on any atom is 0.0853 e. The molecule has 2 unspecified atom stereocenters. The summed E-state index contributed by atoms with van der Waals surface area (Å²) in [6.07, 6.45) is 1.19. The van der Waals surface area contributed by atoms with Crippen molar-refractivity contribution in [1.82, 2.24) is 4.98 Å². The number of hydrogen-bond donors (Lipinski definition) is 2. The zero-order valence-corrected chi connectivity index (χ0v) is 10.9. The standard InChI is InChI=1S/C15H20N2O/c1-10(2)13(9-16)15(18)12-7-3-5-11-6-4-8-17-14(11)12/h3-8,10,13,15,18H,9,16H2,1-2H3. The Kier molecular flexibility index (Phi) is 3.94. The first-order valence-electron chi connectivity index (χ1n) is 6.37. The first-order chi connectivity index (χ1) is 8.65. The summed E-state index contributed by atoms with van der Waals surface area (Å²) in [5.74, 6) is 0.390. The molecule has 2 aromatic rings. The monoisotopic (exact) mass is 244 g/mol. The molecule has 96 valence electrons. The molecule has 0 fully saturated rings. The number of nitrogens with zero attached hydrogens (tertiary/aromatic N) is 1. The van der Waals surface area contributed by atoms with Gasteiger partial charge in [-0.2, -0.15) is 0 Å². The molecule has 0 aliphatic rings. The predicted octanol–water partition coefficient (Wildman–Crippen LogP) is 2.50. The average Bonchev–Trinajstić information content (AvgIpc) is 2.38. The number of benzene rings is 1. The highest BCUT2D eigenvalue weighted by molar-refractivity contribution is 5.81. The lowest BCUT2D eigenvalue weighted by Crippen LogP contribution is -2.26. The van der Waals surface area contributed by atoms with Crippen LogP contribution in [-0.4, -0.2) is 16.6 Å². The number of hydrogen-bond acceptors (Lipinski definition) is 3. The number of aliphatic hydroxyl groups excluding tert-OH is 1. The van der Waals surface area contributed by atoms with Gasteiger partial charge in [-0.15, -0.1) is 0 Å². The molecule has 1 heterocycles. The van der Waals surface area contributed by atoms with E-state index in [1.807, 2.05) is 30.3 Å². The third-order valence-electron chi connectivity index (χ3n) is 3.52. The lowest BCUT2D eigenvalue weighted by Gasteiger charge is -2.25. The first-order valence-corrected chi connectivity index (χ1v) is 6.37. The normalized spacial score (nSPS) is 14.9. The van der Waals surface area contributed by atoms with E-state index in [4.69, 9.17) is 5.73 Å². The molecule has 2 atom stereocenters. The molecule has 0 amide bonds. The molecule has 1 aromatic carbocycles. The summed E-state index contributed by atoms with van der Waals surface area (Å²) in [6.45, 7) is 4.64. The second-order valence-corrected chi connectivity index (χ2v) is 5.01. The second-order valence-electron chi connectivity index (χ2n) is 5.01. The molecule has 0 radical (unpaired) electrons. The maximum atomic E-state index is 10.5. The molecule has 0 bridgehead atoms. The Bertz CT molecular complexity index is 519. The molecule has 18 heavy (non-hydrogen) atoms.